The van der Waals surface area contributed by atoms with Crippen molar-refractivity contribution in [3.8, 4) is 0 Å². The zero-order chi connectivity index (χ0) is 7.72. The Hall–Kier alpha value is -1.03. The topological polar surface area (TPSA) is 52.9 Å². The third kappa shape index (κ3) is 0.863. The molecular weight excluding hydrogens is 130 g/mol. The number of aromatic nitrogens is 2. The Morgan fingerprint density at radius 3 is 2.40 bits per heavy atom. The maximum Gasteiger partial charge on any atom is 0.327 e. The molecule has 4 nitrogen and oxygen atoms in total. The molecule has 0 aliphatic carbocycles. The number of nitrogens with zero attached hydrogens (tertiary/aromatic N) is 2. The van der Waals surface area contributed by atoms with Gasteiger partial charge in [-0.15, -0.1) is 0 Å². The lowest BCUT2D eigenvalue weighted by atomic mass is 10.5. The third-order valence-electron chi connectivity index (χ3n) is 1.57. The molecule has 2 N–H and O–H groups in total. The van der Waals surface area contributed by atoms with Gasteiger partial charge in [0.2, 0.25) is 0 Å². The summed E-state index contributed by atoms with van der Waals surface area (Å²) in [6, 6.07) is 0. The summed E-state index contributed by atoms with van der Waals surface area (Å²) in [5.74, 6) is 0. The minimum absolute atomic E-state index is 0.0274. The van der Waals surface area contributed by atoms with Crippen molar-refractivity contribution in [2.24, 2.45) is 19.8 Å². The van der Waals surface area contributed by atoms with Gasteiger partial charge in [0.15, 0.2) is 0 Å². The Balaban J connectivity index is 3.31. The van der Waals surface area contributed by atoms with Gasteiger partial charge in [-0.1, -0.05) is 0 Å². The quantitative estimate of drug-likeness (QED) is 0.555. The zero-order valence-electron chi connectivity index (χ0n) is 6.16. The Labute approximate surface area is 58.9 Å². The zero-order valence-corrected chi connectivity index (χ0v) is 6.16. The third-order valence-corrected chi connectivity index (χ3v) is 1.57. The van der Waals surface area contributed by atoms with Crippen LogP contribution in [0.15, 0.2) is 11.0 Å². The fourth-order valence-corrected chi connectivity index (χ4v) is 0.914. The summed E-state index contributed by atoms with van der Waals surface area (Å²) in [5.41, 5.74) is 6.19. The van der Waals surface area contributed by atoms with E-state index in [1.807, 2.05) is 0 Å². The monoisotopic (exact) mass is 141 g/mol. The fraction of sp³-hybridized carbons (Fsp3) is 0.500. The predicted molar refractivity (Wildman–Crippen MR) is 38.5 cm³/mol. The van der Waals surface area contributed by atoms with E-state index in [2.05, 4.69) is 0 Å². The second-order valence-corrected chi connectivity index (χ2v) is 2.28. The Morgan fingerprint density at radius 1 is 1.60 bits per heavy atom. The summed E-state index contributed by atoms with van der Waals surface area (Å²) in [5, 5.41) is 0. The first kappa shape index (κ1) is 7.08. The number of hydrogen-bond acceptors (Lipinski definition) is 2. The molecule has 0 amide bonds. The van der Waals surface area contributed by atoms with Gasteiger partial charge in [0.25, 0.3) is 0 Å². The van der Waals surface area contributed by atoms with Gasteiger partial charge in [-0.2, -0.15) is 0 Å². The van der Waals surface area contributed by atoms with Crippen LogP contribution in [0.2, 0.25) is 0 Å². The predicted octanol–water partition coefficient (Wildman–Crippen LogP) is -0.817. The number of nitrogens with two attached hydrogens (primary N) is 1. The number of imidazole rings is 1. The van der Waals surface area contributed by atoms with Crippen LogP contribution in [0.1, 0.15) is 5.69 Å². The summed E-state index contributed by atoms with van der Waals surface area (Å²) in [6.45, 7) is 0.409. The second-order valence-electron chi connectivity index (χ2n) is 2.28. The van der Waals surface area contributed by atoms with Crippen molar-refractivity contribution in [2.45, 2.75) is 6.54 Å². The molecule has 4 heteroatoms. The SMILES string of the molecule is Cn1cc(CN)n(C)c1=O. The maximum atomic E-state index is 11.0. The van der Waals surface area contributed by atoms with Crippen molar-refractivity contribution in [3.05, 3.63) is 22.4 Å². The summed E-state index contributed by atoms with van der Waals surface area (Å²) >= 11 is 0. The van der Waals surface area contributed by atoms with Crippen LogP contribution in [-0.2, 0) is 20.6 Å². The molecule has 0 aliphatic heterocycles. The molecule has 0 unspecified atom stereocenters. The Bertz CT molecular complexity index is 284. The molecule has 0 atom stereocenters. The molecule has 56 valence electrons. The summed E-state index contributed by atoms with van der Waals surface area (Å²) < 4.78 is 3.06. The van der Waals surface area contributed by atoms with E-state index < -0.39 is 0 Å². The van der Waals surface area contributed by atoms with Crippen LogP contribution in [0.25, 0.3) is 0 Å². The van der Waals surface area contributed by atoms with E-state index >= 15 is 0 Å². The van der Waals surface area contributed by atoms with E-state index in [0.29, 0.717) is 6.54 Å². The average molecular weight is 141 g/mol. The van der Waals surface area contributed by atoms with Crippen molar-refractivity contribution >= 4 is 0 Å². The van der Waals surface area contributed by atoms with Gasteiger partial charge in [-0.3, -0.25) is 4.57 Å². The van der Waals surface area contributed by atoms with Gasteiger partial charge in [0.1, 0.15) is 0 Å². The smallest absolute Gasteiger partial charge is 0.325 e. The Kier molecular flexibility index (Phi) is 1.63. The first-order valence-electron chi connectivity index (χ1n) is 3.08. The Morgan fingerprint density at radius 2 is 2.20 bits per heavy atom. The minimum atomic E-state index is -0.0274. The van der Waals surface area contributed by atoms with Crippen molar-refractivity contribution in [1.82, 2.24) is 9.13 Å². The molecule has 1 aromatic rings. The number of rotatable bonds is 1. The van der Waals surface area contributed by atoms with Crippen molar-refractivity contribution in [2.75, 3.05) is 0 Å². The van der Waals surface area contributed by atoms with Crippen molar-refractivity contribution in [3.63, 3.8) is 0 Å². The molecule has 1 heterocycles. The van der Waals surface area contributed by atoms with Gasteiger partial charge < -0.3 is 10.3 Å². The summed E-state index contributed by atoms with van der Waals surface area (Å²) in [6.07, 6.45) is 1.74. The first-order valence-corrected chi connectivity index (χ1v) is 3.08. The minimum Gasteiger partial charge on any atom is -0.325 e. The van der Waals surface area contributed by atoms with Crippen LogP contribution in [0.5, 0.6) is 0 Å². The van der Waals surface area contributed by atoms with E-state index in [4.69, 9.17) is 5.73 Å². The lowest BCUT2D eigenvalue weighted by Crippen LogP contribution is -2.20. The number of hydrogen-bond donors (Lipinski definition) is 1. The van der Waals surface area contributed by atoms with E-state index in [1.165, 1.54) is 4.57 Å². The van der Waals surface area contributed by atoms with Crippen molar-refractivity contribution < 1.29 is 0 Å². The van der Waals surface area contributed by atoms with Crippen LogP contribution < -0.4 is 11.4 Å². The standard InChI is InChI=1S/C6H11N3O/c1-8-4-5(3-7)9(2)6(8)10/h4H,3,7H2,1-2H3. The van der Waals surface area contributed by atoms with E-state index in [0.717, 1.165) is 5.69 Å². The molecule has 0 aliphatic rings. The van der Waals surface area contributed by atoms with Crippen LogP contribution in [0.3, 0.4) is 0 Å². The molecule has 1 rings (SSSR count). The van der Waals surface area contributed by atoms with Crippen LogP contribution in [0, 0.1) is 0 Å². The molecule has 1 aromatic heterocycles. The van der Waals surface area contributed by atoms with Crippen LogP contribution >= 0.6 is 0 Å². The normalized spacial score (nSPS) is 10.3. The van der Waals surface area contributed by atoms with Crippen molar-refractivity contribution in [1.29, 1.82) is 0 Å². The molecule has 0 radical (unpaired) electrons. The molecular formula is C6H11N3O. The summed E-state index contributed by atoms with van der Waals surface area (Å²) in [4.78, 5) is 11.0. The molecule has 0 spiro atoms. The molecule has 0 saturated carbocycles. The molecule has 0 bridgehead atoms. The van der Waals surface area contributed by atoms with Gasteiger partial charge in [-0.05, 0) is 0 Å². The lowest BCUT2D eigenvalue weighted by molar-refractivity contribution is 0.750. The average Bonchev–Trinajstić information content (AvgIpc) is 2.17. The van der Waals surface area contributed by atoms with Gasteiger partial charge in [0, 0.05) is 26.8 Å². The molecule has 0 fully saturated rings. The lowest BCUT2D eigenvalue weighted by Gasteiger charge is -1.92. The highest BCUT2D eigenvalue weighted by Gasteiger charge is 2.00. The molecule has 0 aromatic carbocycles. The highest BCUT2D eigenvalue weighted by molar-refractivity contribution is 4.98. The highest BCUT2D eigenvalue weighted by atomic mass is 16.1. The highest BCUT2D eigenvalue weighted by Crippen LogP contribution is 1.90. The van der Waals surface area contributed by atoms with Crippen LogP contribution in [-0.4, -0.2) is 9.13 Å². The van der Waals surface area contributed by atoms with E-state index in [9.17, 15) is 4.79 Å². The maximum absolute atomic E-state index is 11.0. The van der Waals surface area contributed by atoms with Gasteiger partial charge in [0.05, 0.1) is 5.69 Å². The van der Waals surface area contributed by atoms with Crippen LogP contribution in [0.4, 0.5) is 0 Å². The second kappa shape index (κ2) is 2.30. The molecule has 10 heavy (non-hydrogen) atoms. The first-order chi connectivity index (χ1) is 4.66. The van der Waals surface area contributed by atoms with Gasteiger partial charge in [-0.25, -0.2) is 4.79 Å². The van der Waals surface area contributed by atoms with E-state index in [-0.39, 0.29) is 5.69 Å². The largest absolute Gasteiger partial charge is 0.327 e. The van der Waals surface area contributed by atoms with Gasteiger partial charge >= 0.3 is 5.69 Å². The number of aryl methyl sites for hydroxylation is 1. The summed E-state index contributed by atoms with van der Waals surface area (Å²) in [7, 11) is 3.42. The molecule has 0 saturated heterocycles. The fourth-order valence-electron chi connectivity index (χ4n) is 0.914. The van der Waals surface area contributed by atoms with E-state index in [1.54, 1.807) is 24.9 Å².